The normalized spacial score (nSPS) is 16.3. The van der Waals surface area contributed by atoms with Crippen molar-refractivity contribution < 1.29 is 43.2 Å². The van der Waals surface area contributed by atoms with Gasteiger partial charge in [0.15, 0.2) is 5.82 Å². The van der Waals surface area contributed by atoms with E-state index in [1.54, 1.807) is 34.8 Å². The molecule has 1 saturated heterocycles. The van der Waals surface area contributed by atoms with Crippen molar-refractivity contribution in [1.29, 1.82) is 0 Å². The van der Waals surface area contributed by atoms with E-state index in [9.17, 15) is 24.3 Å². The summed E-state index contributed by atoms with van der Waals surface area (Å²) in [5, 5.41) is 29.9. The summed E-state index contributed by atoms with van der Waals surface area (Å²) in [5.41, 5.74) is 8.50. The molecule has 80 heavy (non-hydrogen) atoms. The van der Waals surface area contributed by atoms with Crippen LogP contribution in [0, 0.1) is 33.1 Å². The number of benzene rings is 3. The number of rotatable bonds is 26. The molecule has 2 aliphatic rings. The molecule has 1 fully saturated rings. The molecule has 18 nitrogen and oxygen atoms in total. The number of likely N-dealkylation sites (tertiary alicyclic amines) is 1. The van der Waals surface area contributed by atoms with Crippen molar-refractivity contribution in [3.63, 3.8) is 0 Å². The number of amides is 4. The van der Waals surface area contributed by atoms with Gasteiger partial charge in [0.25, 0.3) is 0 Å². The highest BCUT2D eigenvalue weighted by Gasteiger charge is 2.44. The Morgan fingerprint density at radius 3 is 2.20 bits per heavy atom. The predicted octanol–water partition coefficient (Wildman–Crippen LogP) is 9.06. The molecule has 0 saturated carbocycles. The Labute approximate surface area is 480 Å². The van der Waals surface area contributed by atoms with Gasteiger partial charge in [0, 0.05) is 72.7 Å². The predicted molar refractivity (Wildman–Crippen MR) is 311 cm³/mol. The van der Waals surface area contributed by atoms with Gasteiger partial charge >= 0.3 is 0 Å². The van der Waals surface area contributed by atoms with Gasteiger partial charge in [-0.3, -0.25) is 28.7 Å². The smallest absolute Gasteiger partial charge is 0.246 e. The molecule has 426 valence electrons. The first-order valence-electron chi connectivity index (χ1n) is 27.1. The number of carbonyl (C=O) groups excluding carboxylic acids is 4. The molecule has 4 amide bonds. The van der Waals surface area contributed by atoms with Crippen molar-refractivity contribution in [2.75, 3.05) is 58.1 Å². The van der Waals surface area contributed by atoms with E-state index >= 15 is 0 Å². The van der Waals surface area contributed by atoms with Crippen LogP contribution in [-0.4, -0.2) is 130 Å². The van der Waals surface area contributed by atoms with Gasteiger partial charge < -0.3 is 44.9 Å². The Balaban J connectivity index is 0.662. The van der Waals surface area contributed by atoms with Crippen LogP contribution in [0.5, 0.6) is 5.75 Å². The lowest BCUT2D eigenvalue weighted by atomic mass is 9.85. The second-order valence-electron chi connectivity index (χ2n) is 21.2. The van der Waals surface area contributed by atoms with Crippen LogP contribution in [0.1, 0.15) is 110 Å². The first-order valence-corrected chi connectivity index (χ1v) is 29.2. The molecule has 6 aromatic rings. The third-order valence-electron chi connectivity index (χ3n) is 14.0. The van der Waals surface area contributed by atoms with Crippen molar-refractivity contribution in [1.82, 2.24) is 35.3 Å². The van der Waals surface area contributed by atoms with Gasteiger partial charge in [-0.15, -0.1) is 32.9 Å². The molecule has 0 radical (unpaired) electrons. The largest absolute Gasteiger partial charge is 0.491 e. The Morgan fingerprint density at radius 1 is 0.812 bits per heavy atom. The monoisotopic (exact) mass is 1150 g/mol. The van der Waals surface area contributed by atoms with E-state index in [-0.39, 0.29) is 44.4 Å². The molecule has 4 N–H and O–H groups in total. The van der Waals surface area contributed by atoms with Gasteiger partial charge in [-0.1, -0.05) is 68.8 Å². The number of aryl methyl sites for hydroxylation is 3. The van der Waals surface area contributed by atoms with Gasteiger partial charge in [0.2, 0.25) is 23.6 Å². The highest BCUT2D eigenvalue weighted by molar-refractivity contribution is 7.15. The molecule has 3 aromatic heterocycles. The average Bonchev–Trinajstić information content (AvgIpc) is 4.21. The number of hydrogen-bond acceptors (Lipinski definition) is 15. The number of carbonyl (C=O) groups is 4. The fourth-order valence-corrected chi connectivity index (χ4v) is 11.7. The van der Waals surface area contributed by atoms with Crippen molar-refractivity contribution >= 4 is 69.3 Å². The number of thiazole rings is 1. The van der Waals surface area contributed by atoms with Crippen molar-refractivity contribution in [2.45, 2.75) is 118 Å². The minimum absolute atomic E-state index is 0.00897. The van der Waals surface area contributed by atoms with E-state index in [2.05, 4.69) is 45.0 Å². The number of aromatic nitrogens is 4. The first-order chi connectivity index (χ1) is 38.4. The maximum Gasteiger partial charge on any atom is 0.246 e. The van der Waals surface area contributed by atoms with Crippen LogP contribution < -0.4 is 20.7 Å². The zero-order valence-corrected chi connectivity index (χ0v) is 48.9. The third-order valence-corrected chi connectivity index (χ3v) is 16.4. The van der Waals surface area contributed by atoms with E-state index in [1.165, 1.54) is 9.78 Å². The molecule has 8 rings (SSSR count). The zero-order chi connectivity index (χ0) is 56.9. The van der Waals surface area contributed by atoms with E-state index in [0.29, 0.717) is 68.3 Å². The molecule has 0 bridgehead atoms. The minimum atomic E-state index is -0.948. The summed E-state index contributed by atoms with van der Waals surface area (Å²) < 4.78 is 25.1. The van der Waals surface area contributed by atoms with Crippen LogP contribution >= 0.6 is 34.3 Å². The van der Waals surface area contributed by atoms with Crippen LogP contribution in [0.2, 0.25) is 5.02 Å². The van der Waals surface area contributed by atoms with Gasteiger partial charge in [-0.25, -0.2) is 4.98 Å². The summed E-state index contributed by atoms with van der Waals surface area (Å²) in [6.45, 7) is 16.4. The van der Waals surface area contributed by atoms with Crippen LogP contribution in [0.3, 0.4) is 0 Å². The second kappa shape index (κ2) is 27.9. The first kappa shape index (κ1) is 59.7. The molecule has 0 aliphatic carbocycles. The third kappa shape index (κ3) is 15.5. The lowest BCUT2D eigenvalue weighted by molar-refractivity contribution is -0.144. The number of halogens is 1. The summed E-state index contributed by atoms with van der Waals surface area (Å²) in [6.07, 6.45) is 2.59. The van der Waals surface area contributed by atoms with Crippen LogP contribution in [0.4, 0.5) is 5.69 Å². The number of aliphatic imine (C=N–C) groups is 1. The molecule has 0 unspecified atom stereocenters. The van der Waals surface area contributed by atoms with Crippen molar-refractivity contribution in [3.05, 3.63) is 128 Å². The number of thiophene rings is 1. The van der Waals surface area contributed by atoms with Crippen molar-refractivity contribution in [3.8, 4) is 21.2 Å². The maximum absolute atomic E-state index is 14.0. The molecular weight excluding hydrogens is 1080 g/mol. The molecular formula is C59H72ClN9O9S2. The molecule has 2 aliphatic heterocycles. The lowest BCUT2D eigenvalue weighted by Crippen LogP contribution is -2.58. The topological polar surface area (TPSA) is 221 Å². The number of ether oxygens (including phenoxy) is 4. The number of unbranched alkanes of at least 4 members (excludes halogenated alkanes) is 2. The van der Waals surface area contributed by atoms with E-state index in [1.807, 2.05) is 105 Å². The fourth-order valence-electron chi connectivity index (χ4n) is 9.57. The maximum atomic E-state index is 14.0. The number of fused-ring (bicyclic) bond motifs is 3. The van der Waals surface area contributed by atoms with Gasteiger partial charge in [0.1, 0.15) is 47.9 Å². The number of aliphatic hydroxyl groups is 1. The van der Waals surface area contributed by atoms with Crippen LogP contribution in [0.25, 0.3) is 15.4 Å². The van der Waals surface area contributed by atoms with Gasteiger partial charge in [0.05, 0.1) is 40.9 Å². The second-order valence-corrected chi connectivity index (χ2v) is 23.7. The Hall–Kier alpha value is -6.39. The van der Waals surface area contributed by atoms with Gasteiger partial charge in [-0.05, 0) is 112 Å². The number of nitrogens with one attached hydrogen (secondary N) is 3. The van der Waals surface area contributed by atoms with E-state index in [4.69, 9.17) is 35.5 Å². The van der Waals surface area contributed by atoms with Crippen LogP contribution in [0.15, 0.2) is 83.3 Å². The molecule has 4 atom stereocenters. The average molecular weight is 1150 g/mol. The zero-order valence-electron chi connectivity index (χ0n) is 46.5. The summed E-state index contributed by atoms with van der Waals surface area (Å²) in [7, 11) is 0. The summed E-state index contributed by atoms with van der Waals surface area (Å²) in [5.74, 6) is 0.552. The lowest BCUT2D eigenvalue weighted by Gasteiger charge is -2.35. The molecule has 3 aromatic carbocycles. The highest BCUT2D eigenvalue weighted by Crippen LogP contribution is 2.40. The Kier molecular flexibility index (Phi) is 20.8. The van der Waals surface area contributed by atoms with E-state index < -0.39 is 41.5 Å². The number of hydrogen-bond donors (Lipinski definition) is 4. The quantitative estimate of drug-likeness (QED) is 0.0374. The minimum Gasteiger partial charge on any atom is -0.491 e. The number of β-amino-alcohol motifs (C(OH)–C–C–N with tert-alkyl or cyclic N) is 1. The van der Waals surface area contributed by atoms with Crippen molar-refractivity contribution in [2.24, 2.45) is 10.4 Å². The van der Waals surface area contributed by atoms with Crippen LogP contribution in [-0.2, 0) is 39.9 Å². The molecule has 0 spiro atoms. The summed E-state index contributed by atoms with van der Waals surface area (Å²) in [4.78, 5) is 67.2. The summed E-state index contributed by atoms with van der Waals surface area (Å²) >= 11 is 9.50. The number of anilines is 1. The molecule has 5 heterocycles. The van der Waals surface area contributed by atoms with E-state index in [0.717, 1.165) is 74.2 Å². The highest BCUT2D eigenvalue weighted by atomic mass is 35.5. The number of nitrogens with zero attached hydrogens (tertiary/aromatic N) is 6. The summed E-state index contributed by atoms with van der Waals surface area (Å²) in [6, 6.07) is 20.3. The Morgan fingerprint density at radius 2 is 1.50 bits per heavy atom. The standard InChI is InChI=1S/C59H72ClN9O9S2/c1-36-38(3)80-58-51(36)52(41-16-18-43(60)19-17-41)64-47(55-67-66-39(4)69(55)58)31-49(71)63-44-20-22-46(23-21-44)78-29-28-76-25-10-8-9-24-75-26-11-27-77-34-50(72)65-54(59(5,6)7)57(74)68-33-45(70)30-48(68)56(73)61-32-40-12-14-42(15-13-40)53-37(2)62-35-79-53/h12-23,35,45,47-48,54,70H,8-11,24-34H2,1-7H3,(H,61,73)(H,63,71)(H,65,72)/t45-,47+,48+,54-/m1/s1. The van der Waals surface area contributed by atoms with Gasteiger partial charge in [-0.2, -0.15) is 0 Å². The molecule has 21 heteroatoms. The fraction of sp³-hybridized carbons (Fsp3) is 0.458. The number of aliphatic hydroxyl groups excluding tert-OH is 1. The Bertz CT molecular complexity index is 3100. The SMILES string of the molecule is Cc1ncsc1-c1ccc(CNC(=O)[C@@H]2C[C@@H](O)CN2C(=O)[C@@H](NC(=O)COCCCOCCCCCOCCOc2ccc(NC(=O)C[C@@H]3N=C(c4ccc(Cl)cc4)c4c(sc(C)c4C)-n4c(C)nnc43)cc2)C(C)(C)C)cc1.